The van der Waals surface area contributed by atoms with Crippen LogP contribution in [0, 0.1) is 5.92 Å². The molecule has 7 heteroatoms. The van der Waals surface area contributed by atoms with E-state index in [1.165, 1.54) is 0 Å². The number of rotatable bonds is 3. The molecule has 2 aliphatic heterocycles. The molecule has 0 saturated carbocycles. The van der Waals surface area contributed by atoms with Crippen LogP contribution >= 0.6 is 11.6 Å². The fraction of sp³-hybridized carbons (Fsp3) is 0.733. The highest BCUT2D eigenvalue weighted by atomic mass is 35.5. The number of carbonyl (C=O) groups is 1. The van der Waals surface area contributed by atoms with Crippen LogP contribution in [0.4, 0.5) is 0 Å². The summed E-state index contributed by atoms with van der Waals surface area (Å²) in [5.41, 5.74) is 0. The van der Waals surface area contributed by atoms with Gasteiger partial charge >= 0.3 is 0 Å². The number of hydrogen-bond acceptors (Lipinski definition) is 4. The molecule has 0 aliphatic carbocycles. The highest BCUT2D eigenvalue weighted by molar-refractivity contribution is 6.29. The maximum atomic E-state index is 12.6. The molecule has 1 atom stereocenters. The van der Waals surface area contributed by atoms with Crippen molar-refractivity contribution >= 4 is 17.5 Å². The topological polar surface area (TPSA) is 50.6 Å². The standard InChI is InChI=1S/C15H23ClN4O2/c1-18-13(16)9-17-14(18)11-19-4-2-3-12(10-19)15(21)20-5-7-22-8-6-20/h9,12H,2-8,10-11H2,1H3/t12-/m0/s1. The first-order valence-electron chi connectivity index (χ1n) is 7.90. The smallest absolute Gasteiger partial charge is 0.227 e. The zero-order valence-corrected chi connectivity index (χ0v) is 13.8. The van der Waals surface area contributed by atoms with Gasteiger partial charge in [-0.3, -0.25) is 9.69 Å². The van der Waals surface area contributed by atoms with Gasteiger partial charge in [0.05, 0.1) is 31.9 Å². The third-order valence-corrected chi connectivity index (χ3v) is 4.92. The van der Waals surface area contributed by atoms with E-state index in [1.807, 2.05) is 16.5 Å². The Balaban J connectivity index is 1.59. The molecular weight excluding hydrogens is 304 g/mol. The molecule has 2 saturated heterocycles. The molecule has 0 unspecified atom stereocenters. The van der Waals surface area contributed by atoms with Gasteiger partial charge in [0, 0.05) is 26.7 Å². The van der Waals surface area contributed by atoms with Gasteiger partial charge in [0.15, 0.2) is 0 Å². The molecule has 6 nitrogen and oxygen atoms in total. The van der Waals surface area contributed by atoms with Crippen LogP contribution in [0.3, 0.4) is 0 Å². The van der Waals surface area contributed by atoms with Crippen molar-refractivity contribution in [3.8, 4) is 0 Å². The Hall–Kier alpha value is -1.11. The average Bonchev–Trinajstić information content (AvgIpc) is 2.87. The van der Waals surface area contributed by atoms with Gasteiger partial charge in [0.2, 0.25) is 5.91 Å². The van der Waals surface area contributed by atoms with Crippen molar-refractivity contribution in [1.29, 1.82) is 0 Å². The highest BCUT2D eigenvalue weighted by Gasteiger charge is 2.30. The lowest BCUT2D eigenvalue weighted by atomic mass is 9.96. The van der Waals surface area contributed by atoms with Crippen LogP contribution in [0.2, 0.25) is 5.15 Å². The second-order valence-electron chi connectivity index (χ2n) is 6.07. The van der Waals surface area contributed by atoms with Crippen LogP contribution in [0.5, 0.6) is 0 Å². The predicted octanol–water partition coefficient (Wildman–Crippen LogP) is 1.14. The number of hydrogen-bond donors (Lipinski definition) is 0. The minimum absolute atomic E-state index is 0.0996. The first-order chi connectivity index (χ1) is 10.6. The molecule has 0 radical (unpaired) electrons. The quantitative estimate of drug-likeness (QED) is 0.836. The molecule has 22 heavy (non-hydrogen) atoms. The minimum Gasteiger partial charge on any atom is -0.378 e. The van der Waals surface area contributed by atoms with Crippen molar-refractivity contribution in [3.05, 3.63) is 17.2 Å². The van der Waals surface area contributed by atoms with Gasteiger partial charge in [-0.2, -0.15) is 0 Å². The number of aromatic nitrogens is 2. The Morgan fingerprint density at radius 3 is 2.86 bits per heavy atom. The van der Waals surface area contributed by atoms with Gasteiger partial charge in [-0.25, -0.2) is 4.98 Å². The summed E-state index contributed by atoms with van der Waals surface area (Å²) in [4.78, 5) is 21.2. The van der Waals surface area contributed by atoms with Gasteiger partial charge in [0.1, 0.15) is 11.0 Å². The van der Waals surface area contributed by atoms with Gasteiger partial charge < -0.3 is 14.2 Å². The monoisotopic (exact) mass is 326 g/mol. The Bertz CT molecular complexity index is 528. The number of carbonyl (C=O) groups excluding carboxylic acids is 1. The zero-order chi connectivity index (χ0) is 15.5. The fourth-order valence-electron chi connectivity index (χ4n) is 3.21. The summed E-state index contributed by atoms with van der Waals surface area (Å²) in [6.45, 7) is 5.34. The van der Waals surface area contributed by atoms with E-state index in [4.69, 9.17) is 16.3 Å². The molecule has 1 aromatic heterocycles. The average molecular weight is 327 g/mol. The van der Waals surface area contributed by atoms with Crippen LogP contribution in [0.15, 0.2) is 6.20 Å². The Morgan fingerprint density at radius 2 is 2.18 bits per heavy atom. The summed E-state index contributed by atoms with van der Waals surface area (Å²) in [7, 11) is 1.92. The second kappa shape index (κ2) is 6.98. The number of halogens is 1. The number of likely N-dealkylation sites (tertiary alicyclic amines) is 1. The van der Waals surface area contributed by atoms with Gasteiger partial charge in [-0.05, 0) is 19.4 Å². The maximum absolute atomic E-state index is 12.6. The maximum Gasteiger partial charge on any atom is 0.227 e. The van der Waals surface area contributed by atoms with Crippen molar-refractivity contribution in [2.45, 2.75) is 19.4 Å². The van der Waals surface area contributed by atoms with Crippen LogP contribution in [0.1, 0.15) is 18.7 Å². The summed E-state index contributed by atoms with van der Waals surface area (Å²) in [6.07, 6.45) is 3.71. The molecule has 122 valence electrons. The van der Waals surface area contributed by atoms with Gasteiger partial charge in [0.25, 0.3) is 0 Å². The van der Waals surface area contributed by atoms with E-state index in [9.17, 15) is 4.79 Å². The number of morpholine rings is 1. The first-order valence-corrected chi connectivity index (χ1v) is 8.28. The van der Waals surface area contributed by atoms with Crippen molar-refractivity contribution < 1.29 is 9.53 Å². The zero-order valence-electron chi connectivity index (χ0n) is 13.0. The number of amides is 1. The Morgan fingerprint density at radius 1 is 1.41 bits per heavy atom. The van der Waals surface area contributed by atoms with E-state index in [0.29, 0.717) is 18.4 Å². The van der Waals surface area contributed by atoms with Gasteiger partial charge in [-0.15, -0.1) is 0 Å². The molecular formula is C15H23ClN4O2. The molecule has 1 aromatic rings. The number of imidazole rings is 1. The molecule has 0 N–H and O–H groups in total. The molecule has 1 amide bonds. The number of piperidine rings is 1. The van der Waals surface area contributed by atoms with Crippen LogP contribution in [-0.2, 0) is 23.1 Å². The van der Waals surface area contributed by atoms with Crippen molar-refractivity contribution in [1.82, 2.24) is 19.4 Å². The predicted molar refractivity (Wildman–Crippen MR) is 83.6 cm³/mol. The summed E-state index contributed by atoms with van der Waals surface area (Å²) < 4.78 is 7.22. The van der Waals surface area contributed by atoms with Crippen molar-refractivity contribution in [2.75, 3.05) is 39.4 Å². The van der Waals surface area contributed by atoms with Crippen LogP contribution in [0.25, 0.3) is 0 Å². The second-order valence-corrected chi connectivity index (χ2v) is 6.46. The van der Waals surface area contributed by atoms with E-state index >= 15 is 0 Å². The normalized spacial score (nSPS) is 23.7. The minimum atomic E-state index is 0.0996. The molecule has 2 fully saturated rings. The highest BCUT2D eigenvalue weighted by Crippen LogP contribution is 2.21. The van der Waals surface area contributed by atoms with E-state index < -0.39 is 0 Å². The lowest BCUT2D eigenvalue weighted by molar-refractivity contribution is -0.141. The lowest BCUT2D eigenvalue weighted by Gasteiger charge is -2.36. The fourth-order valence-corrected chi connectivity index (χ4v) is 3.36. The summed E-state index contributed by atoms with van der Waals surface area (Å²) >= 11 is 6.04. The van der Waals surface area contributed by atoms with E-state index in [2.05, 4.69) is 9.88 Å². The number of ether oxygens (including phenoxy) is 1. The molecule has 0 spiro atoms. The first kappa shape index (κ1) is 15.8. The van der Waals surface area contributed by atoms with Crippen LogP contribution in [-0.4, -0.2) is 64.7 Å². The molecule has 0 bridgehead atoms. The molecule has 2 aliphatic rings. The van der Waals surface area contributed by atoms with Crippen molar-refractivity contribution in [2.24, 2.45) is 13.0 Å². The summed E-state index contributed by atoms with van der Waals surface area (Å²) in [5.74, 6) is 1.33. The molecule has 3 heterocycles. The van der Waals surface area contributed by atoms with E-state index in [1.54, 1.807) is 6.20 Å². The Labute approximate surface area is 136 Å². The SMILES string of the molecule is Cn1c(Cl)cnc1CN1CCC[C@H](C(=O)N2CCOCC2)C1. The van der Waals surface area contributed by atoms with E-state index in [0.717, 1.165) is 51.4 Å². The summed E-state index contributed by atoms with van der Waals surface area (Å²) in [5, 5.41) is 0.646. The molecule has 0 aromatic carbocycles. The van der Waals surface area contributed by atoms with Gasteiger partial charge in [-0.1, -0.05) is 11.6 Å². The largest absolute Gasteiger partial charge is 0.378 e. The van der Waals surface area contributed by atoms with Crippen LogP contribution < -0.4 is 0 Å². The number of nitrogens with zero attached hydrogens (tertiary/aromatic N) is 4. The third-order valence-electron chi connectivity index (χ3n) is 4.57. The molecule has 3 rings (SSSR count). The van der Waals surface area contributed by atoms with Crippen molar-refractivity contribution in [3.63, 3.8) is 0 Å². The Kier molecular flexibility index (Phi) is 5.00. The third kappa shape index (κ3) is 3.45. The lowest BCUT2D eigenvalue weighted by Crippen LogP contribution is -2.48. The van der Waals surface area contributed by atoms with E-state index in [-0.39, 0.29) is 11.8 Å². The summed E-state index contributed by atoms with van der Waals surface area (Å²) in [6, 6.07) is 0.